The molecule has 13 heteroatoms. The highest BCUT2D eigenvalue weighted by atomic mass is 32.1. The normalized spacial score (nSPS) is 11.3. The van der Waals surface area contributed by atoms with E-state index in [4.69, 9.17) is 4.74 Å². The highest BCUT2D eigenvalue weighted by molar-refractivity contribution is 7.22. The van der Waals surface area contributed by atoms with Crippen LogP contribution in [0.3, 0.4) is 0 Å². The number of anilines is 1. The highest BCUT2D eigenvalue weighted by Crippen LogP contribution is 2.38. The van der Waals surface area contributed by atoms with Crippen LogP contribution in [0.1, 0.15) is 11.1 Å². The first-order valence-electron chi connectivity index (χ1n) is 11.8. The predicted molar refractivity (Wildman–Crippen MR) is 145 cm³/mol. The van der Waals surface area contributed by atoms with Gasteiger partial charge in [0.2, 0.25) is 0 Å². The molecule has 4 rings (SSSR count). The first kappa shape index (κ1) is 28.1. The molecule has 2 aromatic carbocycles. The fourth-order valence-corrected chi connectivity index (χ4v) is 5.43. The third-order valence-electron chi connectivity index (χ3n) is 6.01. The molecule has 0 saturated carbocycles. The van der Waals surface area contributed by atoms with E-state index in [2.05, 4.69) is 20.6 Å². The van der Waals surface area contributed by atoms with Gasteiger partial charge in [-0.1, -0.05) is 18.2 Å². The summed E-state index contributed by atoms with van der Waals surface area (Å²) in [5.74, 6) is -1.59. The van der Waals surface area contributed by atoms with E-state index in [9.17, 15) is 23.2 Å². The van der Waals surface area contributed by atoms with Crippen LogP contribution in [0, 0.1) is 11.6 Å². The van der Waals surface area contributed by atoms with Gasteiger partial charge in [0.25, 0.3) is 5.56 Å². The molecule has 2 amide bonds. The largest absolute Gasteiger partial charge is 0.383 e. The van der Waals surface area contributed by atoms with Crippen LogP contribution in [-0.2, 0) is 22.7 Å². The van der Waals surface area contributed by atoms with Crippen molar-refractivity contribution in [3.05, 3.63) is 86.1 Å². The van der Waals surface area contributed by atoms with E-state index in [0.717, 1.165) is 17.7 Å². The maximum absolute atomic E-state index is 14.5. The van der Waals surface area contributed by atoms with Crippen LogP contribution < -0.4 is 22.0 Å². The molecule has 0 bridgehead atoms. The lowest BCUT2D eigenvalue weighted by Crippen LogP contribution is -2.31. The summed E-state index contributed by atoms with van der Waals surface area (Å²) in [7, 11) is 4.77. The number of halogens is 2. The van der Waals surface area contributed by atoms with Crippen molar-refractivity contribution in [2.75, 3.05) is 39.7 Å². The molecule has 2 heterocycles. The van der Waals surface area contributed by atoms with Crippen LogP contribution >= 0.6 is 11.3 Å². The van der Waals surface area contributed by atoms with E-state index in [0.29, 0.717) is 40.7 Å². The fourth-order valence-electron chi connectivity index (χ4n) is 4.11. The molecule has 0 aliphatic rings. The molecule has 206 valence electrons. The van der Waals surface area contributed by atoms with Gasteiger partial charge in [0.1, 0.15) is 16.5 Å². The zero-order valence-electron chi connectivity index (χ0n) is 21.5. The molecule has 0 saturated heterocycles. The number of aromatic amines is 1. The number of rotatable bonds is 10. The van der Waals surface area contributed by atoms with Crippen molar-refractivity contribution in [1.82, 2.24) is 19.9 Å². The van der Waals surface area contributed by atoms with Crippen molar-refractivity contribution in [3.8, 4) is 10.4 Å². The monoisotopic (exact) mass is 559 g/mol. The number of fused-ring (bicyclic) bond motifs is 1. The van der Waals surface area contributed by atoms with Crippen LogP contribution in [0.15, 0.2) is 52.1 Å². The Hall–Kier alpha value is -3.91. The Bertz CT molecular complexity index is 1580. The number of likely N-dealkylation sites (N-methyl/N-ethyl adjacent to an activating group) is 1. The zero-order chi connectivity index (χ0) is 28.1. The maximum atomic E-state index is 14.5. The number of urea groups is 1. The molecule has 10 nitrogen and oxygen atoms in total. The smallest absolute Gasteiger partial charge is 0.343 e. The van der Waals surface area contributed by atoms with Gasteiger partial charge in [0.15, 0.2) is 0 Å². The van der Waals surface area contributed by atoms with Crippen LogP contribution in [0.5, 0.6) is 0 Å². The molecule has 2 aromatic heterocycles. The van der Waals surface area contributed by atoms with E-state index in [1.165, 1.54) is 29.1 Å². The Labute approximate surface area is 225 Å². The Morgan fingerprint density at radius 3 is 2.41 bits per heavy atom. The summed E-state index contributed by atoms with van der Waals surface area (Å²) in [5.41, 5.74) is 2.38. The van der Waals surface area contributed by atoms with Crippen LogP contribution in [0.2, 0.25) is 0 Å². The molecular formula is C26H27F2N5O5S. The molecule has 0 unspecified atom stereocenters. The molecule has 0 aliphatic heterocycles. The van der Waals surface area contributed by atoms with Gasteiger partial charge in [-0.05, 0) is 42.4 Å². The van der Waals surface area contributed by atoms with Crippen molar-refractivity contribution in [2.45, 2.75) is 13.1 Å². The number of hydrogen-bond donors (Lipinski definition) is 3. The Morgan fingerprint density at radius 2 is 1.77 bits per heavy atom. The molecule has 0 aliphatic carbocycles. The van der Waals surface area contributed by atoms with Crippen molar-refractivity contribution < 1.29 is 23.1 Å². The van der Waals surface area contributed by atoms with Crippen molar-refractivity contribution in [1.29, 1.82) is 0 Å². The van der Waals surface area contributed by atoms with Crippen molar-refractivity contribution in [3.63, 3.8) is 0 Å². The number of nitrogens with one attached hydrogen (secondary N) is 3. The number of benzene rings is 2. The first-order valence-corrected chi connectivity index (χ1v) is 12.6. The first-order chi connectivity index (χ1) is 18.7. The summed E-state index contributed by atoms with van der Waals surface area (Å²) in [5, 5.41) is 2.88. The molecule has 39 heavy (non-hydrogen) atoms. The molecule has 0 atom stereocenters. The van der Waals surface area contributed by atoms with E-state index in [1.54, 1.807) is 31.4 Å². The molecule has 0 fully saturated rings. The molecule has 3 N–H and O–H groups in total. The number of methoxy groups -OCH3 is 1. The Morgan fingerprint density at radius 1 is 1.08 bits per heavy atom. The number of carbonyl (C=O) groups is 1. The minimum atomic E-state index is -0.793. The molecule has 0 spiro atoms. The third kappa shape index (κ3) is 6.23. The second kappa shape index (κ2) is 12.3. The number of aromatic nitrogens is 2. The SMILES string of the molecule is COCCN(C)Cc1c(-c2ccc(NC(=O)NOC)cc2)sc2c1c(=O)[nH]c(=O)n2Cc1c(F)cccc1F. The van der Waals surface area contributed by atoms with Gasteiger partial charge in [-0.15, -0.1) is 11.3 Å². The quantitative estimate of drug-likeness (QED) is 0.256. The highest BCUT2D eigenvalue weighted by Gasteiger charge is 2.23. The van der Waals surface area contributed by atoms with Gasteiger partial charge >= 0.3 is 11.7 Å². The summed E-state index contributed by atoms with van der Waals surface area (Å²) in [6, 6.07) is 9.81. The van der Waals surface area contributed by atoms with Gasteiger partial charge < -0.3 is 10.1 Å². The summed E-state index contributed by atoms with van der Waals surface area (Å²) >= 11 is 1.18. The Kier molecular flexibility index (Phi) is 8.86. The molecule has 0 radical (unpaired) electrons. The lowest BCUT2D eigenvalue weighted by Gasteiger charge is -2.17. The van der Waals surface area contributed by atoms with Gasteiger partial charge in [0, 0.05) is 36.3 Å². The maximum Gasteiger partial charge on any atom is 0.343 e. The topological polar surface area (TPSA) is 118 Å². The molecule has 4 aromatic rings. The zero-order valence-corrected chi connectivity index (χ0v) is 22.3. The third-order valence-corrected chi connectivity index (χ3v) is 7.31. The number of amides is 2. The number of nitrogens with zero attached hydrogens (tertiary/aromatic N) is 2. The second-order valence-corrected chi connectivity index (χ2v) is 9.70. The van der Waals surface area contributed by atoms with Crippen LogP contribution in [0.4, 0.5) is 19.3 Å². The number of hydroxylamine groups is 1. The van der Waals surface area contributed by atoms with E-state index < -0.39 is 35.5 Å². The average molecular weight is 560 g/mol. The van der Waals surface area contributed by atoms with E-state index >= 15 is 0 Å². The standard InChI is InChI=1S/C26H27F2N5O5S/c1-32(11-12-37-2)13-18-21-23(34)30-26(36)33(14-17-19(27)5-4-6-20(17)28)24(21)39-22(18)15-7-9-16(10-8-15)29-25(35)31-38-3/h4-10H,11-14H2,1-3H3,(H2,29,31,35)(H,30,34,36). The number of hydrogen-bond acceptors (Lipinski definition) is 7. The number of ether oxygens (including phenoxy) is 1. The number of thiophene rings is 1. The summed E-state index contributed by atoms with van der Waals surface area (Å²) in [4.78, 5) is 47.6. The Balaban J connectivity index is 1.86. The number of carbonyl (C=O) groups excluding carboxylic acids is 1. The van der Waals surface area contributed by atoms with Crippen LogP contribution in [-0.4, -0.2) is 54.9 Å². The van der Waals surface area contributed by atoms with Crippen LogP contribution in [0.25, 0.3) is 20.7 Å². The minimum absolute atomic E-state index is 0.261. The van der Waals surface area contributed by atoms with Gasteiger partial charge in [-0.3, -0.25) is 24.1 Å². The summed E-state index contributed by atoms with van der Waals surface area (Å²) in [6.45, 7) is 0.972. The fraction of sp³-hybridized carbons (Fsp3) is 0.269. The molecular weight excluding hydrogens is 532 g/mol. The lowest BCUT2D eigenvalue weighted by atomic mass is 10.1. The van der Waals surface area contributed by atoms with Gasteiger partial charge in [-0.2, -0.15) is 0 Å². The minimum Gasteiger partial charge on any atom is -0.383 e. The van der Waals surface area contributed by atoms with E-state index in [1.807, 2.05) is 11.9 Å². The lowest BCUT2D eigenvalue weighted by molar-refractivity contribution is 0.114. The van der Waals surface area contributed by atoms with E-state index in [-0.39, 0.29) is 10.9 Å². The van der Waals surface area contributed by atoms with Gasteiger partial charge in [-0.25, -0.2) is 23.9 Å². The summed E-state index contributed by atoms with van der Waals surface area (Å²) < 4.78 is 35.3. The van der Waals surface area contributed by atoms with Crippen molar-refractivity contribution in [2.24, 2.45) is 0 Å². The number of H-pyrrole nitrogens is 1. The van der Waals surface area contributed by atoms with Crippen molar-refractivity contribution >= 4 is 33.3 Å². The average Bonchev–Trinajstić information content (AvgIpc) is 3.26. The second-order valence-electron chi connectivity index (χ2n) is 8.70. The van der Waals surface area contributed by atoms with Gasteiger partial charge in [0.05, 0.1) is 25.6 Å². The predicted octanol–water partition coefficient (Wildman–Crippen LogP) is 3.51. The summed E-state index contributed by atoms with van der Waals surface area (Å²) in [6.07, 6.45) is 0.